The van der Waals surface area contributed by atoms with Gasteiger partial charge in [0, 0.05) is 10.6 Å². The van der Waals surface area contributed by atoms with Crippen molar-refractivity contribution >= 4 is 29.1 Å². The molecule has 1 heterocycles. The molecule has 0 saturated heterocycles. The molecule has 3 rings (SSSR count). The van der Waals surface area contributed by atoms with Gasteiger partial charge in [0.2, 0.25) is 5.16 Å². The highest BCUT2D eigenvalue weighted by Crippen LogP contribution is 2.23. The van der Waals surface area contributed by atoms with Crippen molar-refractivity contribution in [2.45, 2.75) is 5.16 Å². The zero-order valence-electron chi connectivity index (χ0n) is 13.0. The monoisotopic (exact) mass is 378 g/mol. The largest absolute Gasteiger partial charge is 0.494 e. The van der Waals surface area contributed by atoms with E-state index in [2.05, 4.69) is 15.5 Å². The zero-order valence-corrected chi connectivity index (χ0v) is 14.6. The van der Waals surface area contributed by atoms with Gasteiger partial charge >= 0.3 is 0 Å². The van der Waals surface area contributed by atoms with Gasteiger partial charge in [0.15, 0.2) is 17.3 Å². The molecule has 25 heavy (non-hydrogen) atoms. The molecule has 2 aromatic carbocycles. The maximum Gasteiger partial charge on any atom is 0.214 e. The first-order valence-corrected chi connectivity index (χ1v) is 8.48. The predicted molar refractivity (Wildman–Crippen MR) is 92.2 cm³/mol. The fourth-order valence-electron chi connectivity index (χ4n) is 2.09. The van der Waals surface area contributed by atoms with E-state index < -0.39 is 5.82 Å². The van der Waals surface area contributed by atoms with Gasteiger partial charge in [-0.15, -0.1) is 5.10 Å². The van der Waals surface area contributed by atoms with Crippen molar-refractivity contribution in [3.8, 4) is 11.4 Å². The molecule has 0 atom stereocenters. The van der Waals surface area contributed by atoms with Gasteiger partial charge < -0.3 is 4.74 Å². The molecular formula is C16H12ClFN4O2S. The quantitative estimate of drug-likeness (QED) is 0.483. The lowest BCUT2D eigenvalue weighted by molar-refractivity contribution is 0.102. The van der Waals surface area contributed by atoms with Crippen LogP contribution in [-0.4, -0.2) is 38.9 Å². The highest BCUT2D eigenvalue weighted by Gasteiger charge is 2.14. The summed E-state index contributed by atoms with van der Waals surface area (Å²) in [5, 5.41) is 12.4. The number of aromatic nitrogens is 4. The fraction of sp³-hybridized carbons (Fsp3) is 0.125. The number of Topliss-reactive ketones (excluding diaryl/α,β-unsaturated/α-hetero) is 1. The van der Waals surface area contributed by atoms with E-state index in [9.17, 15) is 9.18 Å². The summed E-state index contributed by atoms with van der Waals surface area (Å²) in [5.41, 5.74) is 0.940. The molecule has 0 aliphatic heterocycles. The normalized spacial score (nSPS) is 10.7. The number of carbonyl (C=O) groups excluding carboxylic acids is 1. The summed E-state index contributed by atoms with van der Waals surface area (Å²) >= 11 is 7.13. The van der Waals surface area contributed by atoms with Crippen LogP contribution in [0.5, 0.6) is 5.75 Å². The Morgan fingerprint density at radius 1 is 1.32 bits per heavy atom. The smallest absolute Gasteiger partial charge is 0.214 e. The van der Waals surface area contributed by atoms with Crippen LogP contribution in [0.25, 0.3) is 5.69 Å². The SMILES string of the molecule is COc1ccc(C(=O)CSc2nnnn2-c2cccc(Cl)c2)cc1F. The Labute approximate surface area is 151 Å². The number of tetrazole rings is 1. The van der Waals surface area contributed by atoms with Crippen LogP contribution in [0.2, 0.25) is 5.02 Å². The summed E-state index contributed by atoms with van der Waals surface area (Å²) in [6.45, 7) is 0. The van der Waals surface area contributed by atoms with Gasteiger partial charge in [-0.05, 0) is 46.8 Å². The van der Waals surface area contributed by atoms with Crippen molar-refractivity contribution in [1.82, 2.24) is 20.2 Å². The van der Waals surface area contributed by atoms with Crippen LogP contribution in [0.4, 0.5) is 4.39 Å². The number of thioether (sulfide) groups is 1. The molecule has 0 saturated carbocycles. The summed E-state index contributed by atoms with van der Waals surface area (Å²) in [7, 11) is 1.37. The number of rotatable bonds is 6. The lowest BCUT2D eigenvalue weighted by Gasteiger charge is -2.06. The van der Waals surface area contributed by atoms with Gasteiger partial charge in [0.1, 0.15) is 0 Å². The van der Waals surface area contributed by atoms with Gasteiger partial charge in [0.05, 0.1) is 18.6 Å². The van der Waals surface area contributed by atoms with Gasteiger partial charge in [-0.2, -0.15) is 4.68 Å². The third-order valence-electron chi connectivity index (χ3n) is 3.30. The minimum Gasteiger partial charge on any atom is -0.494 e. The zero-order chi connectivity index (χ0) is 17.8. The van der Waals surface area contributed by atoms with E-state index in [4.69, 9.17) is 16.3 Å². The van der Waals surface area contributed by atoms with Crippen LogP contribution in [0, 0.1) is 5.82 Å². The maximum atomic E-state index is 13.7. The Morgan fingerprint density at radius 3 is 2.88 bits per heavy atom. The Morgan fingerprint density at radius 2 is 2.16 bits per heavy atom. The molecule has 6 nitrogen and oxygen atoms in total. The van der Waals surface area contributed by atoms with E-state index in [0.717, 1.165) is 17.8 Å². The summed E-state index contributed by atoms with van der Waals surface area (Å²) in [6.07, 6.45) is 0. The average molecular weight is 379 g/mol. The van der Waals surface area contributed by atoms with Crippen LogP contribution >= 0.6 is 23.4 Å². The second-order valence-corrected chi connectivity index (χ2v) is 6.29. The van der Waals surface area contributed by atoms with Crippen LogP contribution in [0.1, 0.15) is 10.4 Å². The molecular weight excluding hydrogens is 367 g/mol. The Kier molecular flexibility index (Phi) is 5.30. The summed E-state index contributed by atoms with van der Waals surface area (Å²) in [6, 6.07) is 11.1. The average Bonchev–Trinajstić information content (AvgIpc) is 3.08. The molecule has 0 aliphatic rings. The van der Waals surface area contributed by atoms with Crippen molar-refractivity contribution in [2.75, 3.05) is 12.9 Å². The van der Waals surface area contributed by atoms with E-state index in [1.807, 2.05) is 0 Å². The minimum atomic E-state index is -0.581. The lowest BCUT2D eigenvalue weighted by atomic mass is 10.1. The first-order chi connectivity index (χ1) is 12.1. The molecule has 0 unspecified atom stereocenters. The van der Waals surface area contributed by atoms with Crippen molar-refractivity contribution in [3.63, 3.8) is 0 Å². The number of halogens is 2. The second kappa shape index (κ2) is 7.62. The van der Waals surface area contributed by atoms with Crippen molar-refractivity contribution < 1.29 is 13.9 Å². The molecule has 128 valence electrons. The highest BCUT2D eigenvalue weighted by atomic mass is 35.5. The molecule has 0 fully saturated rings. The fourth-order valence-corrected chi connectivity index (χ4v) is 3.06. The molecule has 3 aromatic rings. The molecule has 9 heteroatoms. The molecule has 1 aromatic heterocycles. The van der Waals surface area contributed by atoms with Gasteiger partial charge in [-0.1, -0.05) is 29.4 Å². The van der Waals surface area contributed by atoms with E-state index in [1.165, 1.54) is 23.9 Å². The van der Waals surface area contributed by atoms with Crippen molar-refractivity contribution in [3.05, 3.63) is 58.9 Å². The number of hydrogen-bond acceptors (Lipinski definition) is 6. The van der Waals surface area contributed by atoms with Crippen LogP contribution < -0.4 is 4.74 Å². The number of nitrogens with zero attached hydrogens (tertiary/aromatic N) is 4. The number of methoxy groups -OCH3 is 1. The Bertz CT molecular complexity index is 919. The predicted octanol–water partition coefficient (Wildman–Crippen LogP) is 3.44. The number of ketones is 1. The molecule has 0 amide bonds. The number of ether oxygens (including phenoxy) is 1. The minimum absolute atomic E-state index is 0.0622. The van der Waals surface area contributed by atoms with Gasteiger partial charge in [-0.3, -0.25) is 4.79 Å². The molecule has 0 spiro atoms. The van der Waals surface area contributed by atoms with Crippen LogP contribution in [-0.2, 0) is 0 Å². The van der Waals surface area contributed by atoms with E-state index in [0.29, 0.717) is 15.9 Å². The van der Waals surface area contributed by atoms with Crippen molar-refractivity contribution in [2.24, 2.45) is 0 Å². The topological polar surface area (TPSA) is 69.9 Å². The van der Waals surface area contributed by atoms with Gasteiger partial charge in [-0.25, -0.2) is 4.39 Å². The van der Waals surface area contributed by atoms with Crippen LogP contribution in [0.3, 0.4) is 0 Å². The standard InChI is InChI=1S/C16H12ClFN4O2S/c1-24-15-6-5-10(7-13(15)18)14(23)9-25-16-19-20-21-22(16)12-4-2-3-11(17)8-12/h2-8H,9H2,1H3. The third-order valence-corrected chi connectivity index (χ3v) is 4.45. The lowest BCUT2D eigenvalue weighted by Crippen LogP contribution is -2.05. The molecule has 0 radical (unpaired) electrons. The van der Waals surface area contributed by atoms with Gasteiger partial charge in [0.25, 0.3) is 0 Å². The second-order valence-electron chi connectivity index (χ2n) is 4.91. The summed E-state index contributed by atoms with van der Waals surface area (Å²) < 4.78 is 20.0. The third kappa shape index (κ3) is 3.97. The van der Waals surface area contributed by atoms with Crippen molar-refractivity contribution in [1.29, 1.82) is 0 Å². The highest BCUT2D eigenvalue weighted by molar-refractivity contribution is 7.99. The van der Waals surface area contributed by atoms with E-state index in [-0.39, 0.29) is 22.8 Å². The summed E-state index contributed by atoms with van der Waals surface area (Å²) in [4.78, 5) is 12.3. The first-order valence-electron chi connectivity index (χ1n) is 7.12. The van der Waals surface area contributed by atoms with E-state index in [1.54, 1.807) is 24.3 Å². The summed E-state index contributed by atoms with van der Waals surface area (Å²) in [5.74, 6) is -0.671. The Balaban J connectivity index is 1.73. The first kappa shape index (κ1) is 17.4. The van der Waals surface area contributed by atoms with E-state index >= 15 is 0 Å². The Hall–Kier alpha value is -2.45. The molecule has 0 N–H and O–H groups in total. The maximum absolute atomic E-state index is 13.7. The number of benzene rings is 2. The molecule has 0 aliphatic carbocycles. The number of hydrogen-bond donors (Lipinski definition) is 0. The molecule has 0 bridgehead atoms. The number of carbonyl (C=O) groups is 1. The van der Waals surface area contributed by atoms with Crippen LogP contribution in [0.15, 0.2) is 47.6 Å².